The van der Waals surface area contributed by atoms with Gasteiger partial charge in [-0.1, -0.05) is 24.3 Å². The molecule has 26 heavy (non-hydrogen) atoms. The van der Waals surface area contributed by atoms with Crippen LogP contribution in [-0.2, 0) is 9.53 Å². The number of nitrogens with zero attached hydrogens (tertiary/aromatic N) is 1. The molecular formula is C19H20N2O5. The van der Waals surface area contributed by atoms with Gasteiger partial charge in [0.15, 0.2) is 6.61 Å². The van der Waals surface area contributed by atoms with Crippen molar-refractivity contribution in [1.29, 1.82) is 0 Å². The summed E-state index contributed by atoms with van der Waals surface area (Å²) in [5, 5.41) is 2.72. The van der Waals surface area contributed by atoms with E-state index in [1.54, 1.807) is 43.5 Å². The highest BCUT2D eigenvalue weighted by molar-refractivity contribution is 5.90. The number of hydrogen-bond acceptors (Lipinski definition) is 5. The van der Waals surface area contributed by atoms with Crippen molar-refractivity contribution < 1.29 is 23.8 Å². The third-order valence-corrected chi connectivity index (χ3v) is 3.88. The van der Waals surface area contributed by atoms with Crippen LogP contribution in [0.25, 0.3) is 0 Å². The van der Waals surface area contributed by atoms with Gasteiger partial charge in [-0.05, 0) is 24.3 Å². The van der Waals surface area contributed by atoms with Crippen molar-refractivity contribution in [2.75, 3.05) is 31.7 Å². The molecule has 0 saturated carbocycles. The second-order valence-electron chi connectivity index (χ2n) is 5.72. The van der Waals surface area contributed by atoms with Gasteiger partial charge < -0.3 is 19.5 Å². The number of carbonyl (C=O) groups is 2. The second-order valence-corrected chi connectivity index (χ2v) is 5.72. The van der Waals surface area contributed by atoms with Gasteiger partial charge in [-0.25, -0.2) is 4.79 Å². The molecule has 1 aliphatic heterocycles. The molecule has 0 bridgehead atoms. The topological polar surface area (TPSA) is 77.1 Å². The Morgan fingerprint density at radius 3 is 2.73 bits per heavy atom. The summed E-state index contributed by atoms with van der Waals surface area (Å²) < 4.78 is 15.9. The molecule has 1 atom stereocenters. The van der Waals surface area contributed by atoms with Crippen LogP contribution in [0.15, 0.2) is 54.6 Å². The van der Waals surface area contributed by atoms with Crippen LogP contribution in [0.5, 0.6) is 11.5 Å². The van der Waals surface area contributed by atoms with Crippen LogP contribution < -0.4 is 19.7 Å². The summed E-state index contributed by atoms with van der Waals surface area (Å²) in [4.78, 5) is 25.5. The molecule has 2 amide bonds. The van der Waals surface area contributed by atoms with Gasteiger partial charge in [0, 0.05) is 6.07 Å². The van der Waals surface area contributed by atoms with E-state index in [0.717, 1.165) is 0 Å². The second kappa shape index (κ2) is 8.24. The van der Waals surface area contributed by atoms with Crippen LogP contribution in [0, 0.1) is 0 Å². The minimum Gasteiger partial charge on any atom is -0.497 e. The number of hydrogen-bond donors (Lipinski definition) is 1. The molecule has 0 aromatic heterocycles. The number of nitrogens with one attached hydrogen (secondary N) is 1. The highest BCUT2D eigenvalue weighted by Gasteiger charge is 2.32. The first kappa shape index (κ1) is 17.6. The molecule has 0 spiro atoms. The number of anilines is 1. The zero-order valence-corrected chi connectivity index (χ0v) is 14.4. The quantitative estimate of drug-likeness (QED) is 0.823. The summed E-state index contributed by atoms with van der Waals surface area (Å²) in [5.74, 6) is 1.01. The third-order valence-electron chi connectivity index (χ3n) is 3.88. The molecule has 7 nitrogen and oxygen atoms in total. The van der Waals surface area contributed by atoms with Crippen molar-refractivity contribution in [2.45, 2.75) is 6.10 Å². The molecule has 2 aromatic carbocycles. The molecule has 1 fully saturated rings. The number of benzene rings is 2. The lowest BCUT2D eigenvalue weighted by Crippen LogP contribution is -2.37. The molecule has 1 heterocycles. The van der Waals surface area contributed by atoms with Crippen molar-refractivity contribution in [2.24, 2.45) is 0 Å². The van der Waals surface area contributed by atoms with Crippen molar-refractivity contribution in [3.63, 3.8) is 0 Å². The average Bonchev–Trinajstić information content (AvgIpc) is 3.06. The Labute approximate surface area is 151 Å². The van der Waals surface area contributed by atoms with Gasteiger partial charge in [0.05, 0.1) is 25.9 Å². The molecule has 1 aliphatic rings. The third kappa shape index (κ3) is 4.44. The molecule has 3 rings (SSSR count). The van der Waals surface area contributed by atoms with E-state index in [-0.39, 0.29) is 19.1 Å². The van der Waals surface area contributed by atoms with Gasteiger partial charge in [0.1, 0.15) is 17.6 Å². The van der Waals surface area contributed by atoms with E-state index in [9.17, 15) is 9.59 Å². The first-order valence-electron chi connectivity index (χ1n) is 8.22. The van der Waals surface area contributed by atoms with E-state index in [4.69, 9.17) is 14.2 Å². The maximum atomic E-state index is 12.1. The summed E-state index contributed by atoms with van der Waals surface area (Å²) >= 11 is 0. The van der Waals surface area contributed by atoms with Crippen LogP contribution in [-0.4, -0.2) is 44.9 Å². The van der Waals surface area contributed by atoms with Crippen molar-refractivity contribution in [3.05, 3.63) is 54.6 Å². The first-order valence-corrected chi connectivity index (χ1v) is 8.22. The predicted molar refractivity (Wildman–Crippen MR) is 95.6 cm³/mol. The summed E-state index contributed by atoms with van der Waals surface area (Å²) in [5.41, 5.74) is 0.690. The minimum absolute atomic E-state index is 0.0930. The van der Waals surface area contributed by atoms with Gasteiger partial charge in [-0.15, -0.1) is 0 Å². The predicted octanol–water partition coefficient (Wildman–Crippen LogP) is 2.22. The lowest BCUT2D eigenvalue weighted by atomic mass is 10.2. The Morgan fingerprint density at radius 2 is 1.96 bits per heavy atom. The number of para-hydroxylation sites is 1. The zero-order valence-electron chi connectivity index (χ0n) is 14.4. The van der Waals surface area contributed by atoms with E-state index in [1.807, 2.05) is 18.2 Å². The van der Waals surface area contributed by atoms with Crippen LogP contribution in [0.1, 0.15) is 0 Å². The number of cyclic esters (lactones) is 1. The Kier molecular flexibility index (Phi) is 5.58. The molecular weight excluding hydrogens is 336 g/mol. The van der Waals surface area contributed by atoms with Gasteiger partial charge >= 0.3 is 6.09 Å². The van der Waals surface area contributed by atoms with E-state index in [1.165, 1.54) is 4.90 Å². The summed E-state index contributed by atoms with van der Waals surface area (Å²) in [7, 11) is 1.57. The van der Waals surface area contributed by atoms with Crippen molar-refractivity contribution >= 4 is 17.7 Å². The molecule has 1 N–H and O–H groups in total. The number of rotatable bonds is 7. The Morgan fingerprint density at radius 1 is 1.19 bits per heavy atom. The number of amides is 2. The highest BCUT2D eigenvalue weighted by atomic mass is 16.6. The molecule has 0 radical (unpaired) electrons. The summed E-state index contributed by atoms with van der Waals surface area (Å²) in [6.45, 7) is 0.485. The fraction of sp³-hybridized carbons (Fsp3) is 0.263. The summed E-state index contributed by atoms with van der Waals surface area (Å²) in [6.07, 6.45) is -0.868. The molecule has 136 valence electrons. The van der Waals surface area contributed by atoms with Crippen LogP contribution >= 0.6 is 0 Å². The van der Waals surface area contributed by atoms with Gasteiger partial charge in [0.2, 0.25) is 0 Å². The highest BCUT2D eigenvalue weighted by Crippen LogP contribution is 2.25. The van der Waals surface area contributed by atoms with E-state index in [0.29, 0.717) is 23.7 Å². The largest absolute Gasteiger partial charge is 0.497 e. The standard InChI is InChI=1S/C19H20N2O5/c1-24-16-9-5-6-14(10-16)21-12-17(26-19(21)23)11-20-18(22)13-25-15-7-3-2-4-8-15/h2-10,17H,11-13H2,1H3,(H,20,22). The van der Waals surface area contributed by atoms with Crippen LogP contribution in [0.2, 0.25) is 0 Å². The monoisotopic (exact) mass is 356 g/mol. The Hall–Kier alpha value is -3.22. The SMILES string of the molecule is COc1cccc(N2CC(CNC(=O)COc3ccccc3)OC2=O)c1. The van der Waals surface area contributed by atoms with E-state index in [2.05, 4.69) is 5.32 Å². The maximum absolute atomic E-state index is 12.1. The fourth-order valence-corrected chi connectivity index (χ4v) is 2.56. The lowest BCUT2D eigenvalue weighted by molar-refractivity contribution is -0.123. The van der Waals surface area contributed by atoms with Gasteiger partial charge in [-0.3, -0.25) is 9.69 Å². The number of ether oxygens (including phenoxy) is 3. The molecule has 7 heteroatoms. The van der Waals surface area contributed by atoms with Crippen LogP contribution in [0.3, 0.4) is 0 Å². The molecule has 2 aromatic rings. The lowest BCUT2D eigenvalue weighted by Gasteiger charge is -2.14. The molecule has 1 unspecified atom stereocenters. The first-order chi connectivity index (χ1) is 12.7. The van der Waals surface area contributed by atoms with E-state index < -0.39 is 12.2 Å². The van der Waals surface area contributed by atoms with Crippen LogP contribution in [0.4, 0.5) is 10.5 Å². The Balaban J connectivity index is 1.47. The van der Waals surface area contributed by atoms with Gasteiger partial charge in [-0.2, -0.15) is 0 Å². The zero-order chi connectivity index (χ0) is 18.4. The molecule has 0 aliphatic carbocycles. The smallest absolute Gasteiger partial charge is 0.414 e. The van der Waals surface area contributed by atoms with E-state index >= 15 is 0 Å². The fourth-order valence-electron chi connectivity index (χ4n) is 2.56. The van der Waals surface area contributed by atoms with Crippen molar-refractivity contribution in [1.82, 2.24) is 5.32 Å². The normalized spacial score (nSPS) is 16.1. The number of methoxy groups -OCH3 is 1. The Bertz CT molecular complexity index is 766. The average molecular weight is 356 g/mol. The van der Waals surface area contributed by atoms with Crippen molar-refractivity contribution in [3.8, 4) is 11.5 Å². The maximum Gasteiger partial charge on any atom is 0.414 e. The summed E-state index contributed by atoms with van der Waals surface area (Å²) in [6, 6.07) is 16.3. The number of carbonyl (C=O) groups excluding carboxylic acids is 2. The van der Waals surface area contributed by atoms with Gasteiger partial charge in [0.25, 0.3) is 5.91 Å². The minimum atomic E-state index is -0.446. The molecule has 1 saturated heterocycles.